The molecule has 0 spiro atoms. The monoisotopic (exact) mass is 296 g/mol. The van der Waals surface area contributed by atoms with Gasteiger partial charge in [-0.15, -0.1) is 0 Å². The van der Waals surface area contributed by atoms with Gasteiger partial charge in [0.1, 0.15) is 0 Å². The van der Waals surface area contributed by atoms with Crippen LogP contribution in [0.4, 0.5) is 0 Å². The Hall–Kier alpha value is -1.66. The molecule has 0 bridgehead atoms. The number of hydrogen-bond donors (Lipinski definition) is 2. The van der Waals surface area contributed by atoms with E-state index in [1.807, 2.05) is 0 Å². The highest BCUT2D eigenvalue weighted by atomic mass is 32.2. The van der Waals surface area contributed by atoms with Gasteiger partial charge >= 0.3 is 0 Å². The summed E-state index contributed by atoms with van der Waals surface area (Å²) in [6.07, 6.45) is 1.19. The largest absolute Gasteiger partial charge is 0.348 e. The molecule has 1 amide bonds. The number of sulfonamides is 1. The van der Waals surface area contributed by atoms with Crippen LogP contribution in [0.1, 0.15) is 26.3 Å². The van der Waals surface area contributed by atoms with Crippen molar-refractivity contribution in [3.63, 3.8) is 0 Å². The standard InChI is InChI=1S/C14H20N2O3S/c1-5-13(17)15-10-11-6-8-12(9-7-11)20(18,19)16-14(2,3)4/h5-9,16H,1,10H2,2-4H3,(H,15,17). The molecule has 0 atom stereocenters. The van der Waals surface area contributed by atoms with E-state index in [2.05, 4.69) is 16.6 Å². The van der Waals surface area contributed by atoms with E-state index in [-0.39, 0.29) is 10.8 Å². The average Bonchev–Trinajstić information content (AvgIpc) is 2.33. The molecule has 0 unspecified atom stereocenters. The lowest BCUT2D eigenvalue weighted by molar-refractivity contribution is -0.116. The molecule has 20 heavy (non-hydrogen) atoms. The summed E-state index contributed by atoms with van der Waals surface area (Å²) in [7, 11) is -3.52. The quantitative estimate of drug-likeness (QED) is 0.810. The van der Waals surface area contributed by atoms with Gasteiger partial charge < -0.3 is 5.32 Å². The van der Waals surface area contributed by atoms with Gasteiger partial charge in [-0.1, -0.05) is 18.7 Å². The number of carbonyl (C=O) groups is 1. The second-order valence-corrected chi connectivity index (χ2v) is 7.10. The molecule has 0 saturated carbocycles. The van der Waals surface area contributed by atoms with E-state index in [1.54, 1.807) is 32.9 Å². The number of amides is 1. The maximum atomic E-state index is 12.1. The van der Waals surface area contributed by atoms with Crippen LogP contribution < -0.4 is 10.0 Å². The molecule has 0 heterocycles. The van der Waals surface area contributed by atoms with Gasteiger partial charge in [0, 0.05) is 12.1 Å². The average molecular weight is 296 g/mol. The lowest BCUT2D eigenvalue weighted by Crippen LogP contribution is -2.40. The van der Waals surface area contributed by atoms with Gasteiger partial charge in [-0.2, -0.15) is 0 Å². The van der Waals surface area contributed by atoms with Crippen molar-refractivity contribution < 1.29 is 13.2 Å². The first kappa shape index (κ1) is 16.4. The van der Waals surface area contributed by atoms with Crippen LogP contribution in [0.25, 0.3) is 0 Å². The molecule has 0 aliphatic heterocycles. The van der Waals surface area contributed by atoms with Crippen LogP contribution in [-0.2, 0) is 21.4 Å². The van der Waals surface area contributed by atoms with E-state index in [0.717, 1.165) is 5.56 Å². The second-order valence-electron chi connectivity index (χ2n) is 5.42. The normalized spacial score (nSPS) is 11.9. The van der Waals surface area contributed by atoms with Crippen LogP contribution in [-0.4, -0.2) is 19.9 Å². The lowest BCUT2D eigenvalue weighted by Gasteiger charge is -2.20. The summed E-state index contributed by atoms with van der Waals surface area (Å²) in [6, 6.07) is 6.37. The van der Waals surface area contributed by atoms with Gasteiger partial charge in [0.25, 0.3) is 0 Å². The first-order chi connectivity index (χ1) is 9.14. The minimum Gasteiger partial charge on any atom is -0.348 e. The lowest BCUT2D eigenvalue weighted by atomic mass is 10.1. The van der Waals surface area contributed by atoms with Crippen molar-refractivity contribution in [2.45, 2.75) is 37.8 Å². The fraction of sp³-hybridized carbons (Fsp3) is 0.357. The van der Waals surface area contributed by atoms with E-state index in [9.17, 15) is 13.2 Å². The van der Waals surface area contributed by atoms with Gasteiger partial charge in [0.15, 0.2) is 0 Å². The summed E-state index contributed by atoms with van der Waals surface area (Å²) in [5.74, 6) is -0.268. The number of benzene rings is 1. The third kappa shape index (κ3) is 5.14. The second kappa shape index (κ2) is 6.19. The van der Waals surface area contributed by atoms with E-state index < -0.39 is 15.6 Å². The number of carbonyl (C=O) groups excluding carboxylic acids is 1. The molecule has 0 radical (unpaired) electrons. The minimum atomic E-state index is -3.52. The van der Waals surface area contributed by atoms with Crippen LogP contribution in [0.5, 0.6) is 0 Å². The minimum absolute atomic E-state index is 0.200. The summed E-state index contributed by atoms with van der Waals surface area (Å²) in [6.45, 7) is 9.03. The summed E-state index contributed by atoms with van der Waals surface area (Å²) in [5.41, 5.74) is 0.282. The summed E-state index contributed by atoms with van der Waals surface area (Å²) in [4.78, 5) is 11.2. The van der Waals surface area contributed by atoms with Crippen molar-refractivity contribution in [1.82, 2.24) is 10.0 Å². The van der Waals surface area contributed by atoms with Gasteiger partial charge in [0.2, 0.25) is 15.9 Å². The maximum Gasteiger partial charge on any atom is 0.243 e. The van der Waals surface area contributed by atoms with Crippen molar-refractivity contribution in [3.8, 4) is 0 Å². The van der Waals surface area contributed by atoms with Crippen LogP contribution in [0.3, 0.4) is 0 Å². The van der Waals surface area contributed by atoms with Crippen molar-refractivity contribution in [3.05, 3.63) is 42.5 Å². The Morgan fingerprint density at radius 3 is 2.25 bits per heavy atom. The van der Waals surface area contributed by atoms with Gasteiger partial charge in [-0.05, 0) is 44.5 Å². The molecule has 2 N–H and O–H groups in total. The molecule has 0 aliphatic rings. The van der Waals surface area contributed by atoms with Crippen molar-refractivity contribution in [2.75, 3.05) is 0 Å². The highest BCUT2D eigenvalue weighted by molar-refractivity contribution is 7.89. The zero-order valence-electron chi connectivity index (χ0n) is 11.9. The molecule has 0 saturated heterocycles. The fourth-order valence-electron chi connectivity index (χ4n) is 1.51. The molecule has 1 aromatic carbocycles. The SMILES string of the molecule is C=CC(=O)NCc1ccc(S(=O)(=O)NC(C)(C)C)cc1. The molecule has 1 rings (SSSR count). The molecule has 0 fully saturated rings. The van der Waals surface area contributed by atoms with Gasteiger partial charge in [0.05, 0.1) is 4.90 Å². The third-order valence-corrected chi connectivity index (χ3v) is 4.10. The summed E-state index contributed by atoms with van der Waals surface area (Å²) < 4.78 is 26.7. The topological polar surface area (TPSA) is 75.3 Å². The predicted molar refractivity (Wildman–Crippen MR) is 78.6 cm³/mol. The molecule has 110 valence electrons. The number of hydrogen-bond acceptors (Lipinski definition) is 3. The number of nitrogens with one attached hydrogen (secondary N) is 2. The fourth-order valence-corrected chi connectivity index (χ4v) is 2.93. The van der Waals surface area contributed by atoms with Crippen molar-refractivity contribution in [1.29, 1.82) is 0 Å². The Kier molecular flexibility index (Phi) is 5.08. The van der Waals surface area contributed by atoms with Crippen molar-refractivity contribution in [2.24, 2.45) is 0 Å². The Labute approximate surface area is 120 Å². The molecule has 5 nitrogen and oxygen atoms in total. The van der Waals surface area contributed by atoms with Gasteiger partial charge in [-0.25, -0.2) is 13.1 Å². The van der Waals surface area contributed by atoms with Crippen LogP contribution in [0.2, 0.25) is 0 Å². The molecular weight excluding hydrogens is 276 g/mol. The summed E-state index contributed by atoms with van der Waals surface area (Å²) >= 11 is 0. The smallest absolute Gasteiger partial charge is 0.243 e. The van der Waals surface area contributed by atoms with E-state index in [0.29, 0.717) is 6.54 Å². The van der Waals surface area contributed by atoms with Crippen LogP contribution in [0.15, 0.2) is 41.8 Å². The Balaban J connectivity index is 2.81. The molecule has 1 aromatic rings. The Bertz CT molecular complexity index is 584. The zero-order valence-corrected chi connectivity index (χ0v) is 12.8. The molecular formula is C14H20N2O3S. The Morgan fingerprint density at radius 2 is 1.80 bits per heavy atom. The highest BCUT2D eigenvalue weighted by Crippen LogP contribution is 2.13. The van der Waals surface area contributed by atoms with E-state index in [4.69, 9.17) is 0 Å². The maximum absolute atomic E-state index is 12.1. The van der Waals surface area contributed by atoms with Crippen LogP contribution in [0, 0.1) is 0 Å². The van der Waals surface area contributed by atoms with Crippen LogP contribution >= 0.6 is 0 Å². The molecule has 6 heteroatoms. The first-order valence-corrected chi connectivity index (χ1v) is 7.65. The summed E-state index contributed by atoms with van der Waals surface area (Å²) in [5, 5.41) is 2.62. The zero-order chi connectivity index (χ0) is 15.4. The Morgan fingerprint density at radius 1 is 1.25 bits per heavy atom. The van der Waals surface area contributed by atoms with Gasteiger partial charge in [-0.3, -0.25) is 4.79 Å². The molecule has 0 aromatic heterocycles. The molecule has 0 aliphatic carbocycles. The predicted octanol–water partition coefficient (Wildman–Crippen LogP) is 1.57. The third-order valence-electron chi connectivity index (χ3n) is 2.33. The highest BCUT2D eigenvalue weighted by Gasteiger charge is 2.21. The number of rotatable bonds is 5. The van der Waals surface area contributed by atoms with Crippen molar-refractivity contribution >= 4 is 15.9 Å². The first-order valence-electron chi connectivity index (χ1n) is 6.17. The van der Waals surface area contributed by atoms with E-state index >= 15 is 0 Å². The van der Waals surface area contributed by atoms with E-state index in [1.165, 1.54) is 18.2 Å².